The first kappa shape index (κ1) is 26.7. The molecule has 206 valence electrons. The molecule has 0 aliphatic heterocycles. The highest BCUT2D eigenvalue weighted by molar-refractivity contribution is 5.71. The highest BCUT2D eigenvalue weighted by Gasteiger charge is 2.30. The van der Waals surface area contributed by atoms with Crippen molar-refractivity contribution in [2.75, 3.05) is 0 Å². The third kappa shape index (κ3) is 5.18. The number of pyridine rings is 2. The van der Waals surface area contributed by atoms with Crippen LogP contribution in [0.25, 0.3) is 22.7 Å². The Bertz CT molecular complexity index is 1910. The lowest BCUT2D eigenvalue weighted by molar-refractivity contribution is -0.138. The summed E-state index contributed by atoms with van der Waals surface area (Å²) in [7, 11) is 0. The molecule has 4 heterocycles. The first-order valence-corrected chi connectivity index (χ1v) is 12.4. The van der Waals surface area contributed by atoms with Crippen LogP contribution in [-0.2, 0) is 12.4 Å². The molecule has 0 amide bonds. The molecule has 0 unspecified atom stereocenters. The van der Waals surface area contributed by atoms with Crippen molar-refractivity contribution in [3.63, 3.8) is 0 Å². The molecule has 4 aromatic heterocycles. The molecular formula is C32H16F6N4. The van der Waals surface area contributed by atoms with E-state index in [2.05, 4.69) is 23.7 Å². The number of hydrogen-bond donors (Lipinski definition) is 0. The van der Waals surface area contributed by atoms with E-state index in [4.69, 9.17) is 9.97 Å². The minimum absolute atomic E-state index is 0.397. The Hall–Kier alpha value is -5.48. The molecule has 6 aromatic rings. The minimum Gasteiger partial charge on any atom is -0.296 e. The van der Waals surface area contributed by atoms with Crippen LogP contribution in [0.15, 0.2) is 97.3 Å². The van der Waals surface area contributed by atoms with Crippen LogP contribution in [0.3, 0.4) is 0 Å². The summed E-state index contributed by atoms with van der Waals surface area (Å²) in [6.07, 6.45) is -5.29. The maximum Gasteiger partial charge on any atom is 0.416 e. The molecular weight excluding hydrogens is 554 g/mol. The van der Waals surface area contributed by atoms with Crippen LogP contribution in [0.2, 0.25) is 0 Å². The minimum atomic E-state index is -4.44. The Labute approximate surface area is 234 Å². The Morgan fingerprint density at radius 3 is 1.21 bits per heavy atom. The first-order chi connectivity index (χ1) is 20.1. The largest absolute Gasteiger partial charge is 0.416 e. The number of halogens is 6. The Balaban J connectivity index is 1.41. The number of hydrogen-bond acceptors (Lipinski definition) is 2. The van der Waals surface area contributed by atoms with Gasteiger partial charge in [0.15, 0.2) is 11.6 Å². The highest BCUT2D eigenvalue weighted by atomic mass is 19.4. The van der Waals surface area contributed by atoms with Crippen molar-refractivity contribution in [3.8, 4) is 35.3 Å². The zero-order chi connectivity index (χ0) is 29.5. The second kappa shape index (κ2) is 10.2. The monoisotopic (exact) mass is 570 g/mol. The van der Waals surface area contributed by atoms with E-state index in [1.807, 2.05) is 36.4 Å². The second-order valence-corrected chi connectivity index (χ2v) is 9.13. The Morgan fingerprint density at radius 2 is 0.857 bits per heavy atom. The van der Waals surface area contributed by atoms with Crippen molar-refractivity contribution in [1.29, 1.82) is 0 Å². The van der Waals surface area contributed by atoms with E-state index in [0.717, 1.165) is 24.3 Å². The summed E-state index contributed by atoms with van der Waals surface area (Å²) < 4.78 is 81.0. The van der Waals surface area contributed by atoms with E-state index in [-0.39, 0.29) is 0 Å². The summed E-state index contributed by atoms with van der Waals surface area (Å²) in [6, 6.07) is 20.0. The van der Waals surface area contributed by atoms with Crippen LogP contribution in [0, 0.1) is 23.7 Å². The quantitative estimate of drug-likeness (QED) is 0.152. The van der Waals surface area contributed by atoms with Crippen LogP contribution in [0.5, 0.6) is 0 Å². The number of alkyl halides is 6. The summed E-state index contributed by atoms with van der Waals surface area (Å²) in [6.45, 7) is 0. The van der Waals surface area contributed by atoms with Crippen molar-refractivity contribution in [3.05, 3.63) is 131 Å². The zero-order valence-corrected chi connectivity index (χ0v) is 21.3. The average Bonchev–Trinajstić information content (AvgIpc) is 3.53. The van der Waals surface area contributed by atoms with Gasteiger partial charge in [0.1, 0.15) is 11.4 Å². The van der Waals surface area contributed by atoms with Gasteiger partial charge >= 0.3 is 12.4 Å². The van der Waals surface area contributed by atoms with Gasteiger partial charge in [0.25, 0.3) is 0 Å². The molecule has 0 fully saturated rings. The lowest BCUT2D eigenvalue weighted by Gasteiger charge is -2.05. The van der Waals surface area contributed by atoms with Gasteiger partial charge in [0.05, 0.1) is 22.2 Å². The number of rotatable bonds is 1. The van der Waals surface area contributed by atoms with Gasteiger partial charge in [-0.05, 0) is 84.6 Å². The second-order valence-electron chi connectivity index (χ2n) is 9.13. The predicted octanol–water partition coefficient (Wildman–Crippen LogP) is 7.49. The number of nitrogens with zero attached hydrogens (tertiary/aromatic N) is 4. The molecule has 0 aliphatic rings. The van der Waals surface area contributed by atoms with Crippen LogP contribution in [0.1, 0.15) is 33.6 Å². The van der Waals surface area contributed by atoms with E-state index in [0.29, 0.717) is 45.2 Å². The highest BCUT2D eigenvalue weighted by Crippen LogP contribution is 2.30. The molecule has 0 aliphatic carbocycles. The molecule has 0 saturated heterocycles. The molecule has 42 heavy (non-hydrogen) atoms. The van der Waals surface area contributed by atoms with Crippen molar-refractivity contribution in [2.45, 2.75) is 12.4 Å². The summed E-state index contributed by atoms with van der Waals surface area (Å²) >= 11 is 0. The lowest BCUT2D eigenvalue weighted by Crippen LogP contribution is -2.04. The van der Waals surface area contributed by atoms with Gasteiger partial charge in [-0.2, -0.15) is 26.3 Å². The summed E-state index contributed by atoms with van der Waals surface area (Å²) in [5.41, 5.74) is 1.40. The smallest absolute Gasteiger partial charge is 0.296 e. The fourth-order valence-electron chi connectivity index (χ4n) is 4.32. The van der Waals surface area contributed by atoms with Crippen LogP contribution < -0.4 is 0 Å². The van der Waals surface area contributed by atoms with Gasteiger partial charge in [-0.25, -0.2) is 9.97 Å². The van der Waals surface area contributed by atoms with Crippen molar-refractivity contribution in [2.24, 2.45) is 0 Å². The fraction of sp³-hybridized carbons (Fsp3) is 0.0625. The molecule has 2 aromatic carbocycles. The number of benzene rings is 2. The molecule has 0 bridgehead atoms. The molecule has 0 spiro atoms. The number of fused-ring (bicyclic) bond motifs is 2. The molecule has 6 rings (SSSR count). The van der Waals surface area contributed by atoms with Gasteiger partial charge < -0.3 is 0 Å². The van der Waals surface area contributed by atoms with Crippen LogP contribution in [0.4, 0.5) is 26.3 Å². The topological polar surface area (TPSA) is 34.6 Å². The first-order valence-electron chi connectivity index (χ1n) is 12.4. The van der Waals surface area contributed by atoms with Gasteiger partial charge in [0.2, 0.25) is 0 Å². The number of imidazole rings is 2. The third-order valence-electron chi connectivity index (χ3n) is 6.37. The van der Waals surface area contributed by atoms with Gasteiger partial charge in [-0.3, -0.25) is 8.80 Å². The fourth-order valence-corrected chi connectivity index (χ4v) is 4.32. The lowest BCUT2D eigenvalue weighted by atomic mass is 10.1. The summed E-state index contributed by atoms with van der Waals surface area (Å²) in [4.78, 5) is 9.43. The maximum absolute atomic E-state index is 12.9. The van der Waals surface area contributed by atoms with E-state index in [1.54, 1.807) is 21.2 Å². The standard InChI is InChI=1S/C32H16F6N4/c33-31(34,35)23-13-7-21(8-14-23)11-17-25-27-5-1-3-19-41(27)29(39-25)30-40-26(28-6-2-4-20-42(28)30)18-12-22-9-15-24(16-10-22)32(36,37)38/h1-10,13-16,19-20H. The van der Waals surface area contributed by atoms with E-state index >= 15 is 0 Å². The molecule has 0 atom stereocenters. The predicted molar refractivity (Wildman–Crippen MR) is 144 cm³/mol. The SMILES string of the molecule is FC(F)(F)c1ccc(C#Cc2nc(-c3nc(C#Cc4ccc(C(F)(F)F)cc4)c4ccccn34)n3ccccc23)cc1. The van der Waals surface area contributed by atoms with Gasteiger partial charge in [-0.15, -0.1) is 0 Å². The maximum atomic E-state index is 12.9. The van der Waals surface area contributed by atoms with E-state index < -0.39 is 23.5 Å². The van der Waals surface area contributed by atoms with Crippen LogP contribution >= 0.6 is 0 Å². The summed E-state index contributed by atoms with van der Waals surface area (Å²) in [5, 5.41) is 0. The van der Waals surface area contributed by atoms with Crippen molar-refractivity contribution in [1.82, 2.24) is 18.8 Å². The Morgan fingerprint density at radius 1 is 0.476 bits per heavy atom. The average molecular weight is 570 g/mol. The molecule has 0 radical (unpaired) electrons. The molecule has 0 N–H and O–H groups in total. The van der Waals surface area contributed by atoms with Gasteiger partial charge in [0, 0.05) is 23.5 Å². The van der Waals surface area contributed by atoms with E-state index in [1.165, 1.54) is 24.3 Å². The van der Waals surface area contributed by atoms with Crippen LogP contribution in [-0.4, -0.2) is 18.8 Å². The number of aromatic nitrogens is 4. The summed E-state index contributed by atoms with van der Waals surface area (Å²) in [5.74, 6) is 12.6. The molecule has 0 saturated carbocycles. The van der Waals surface area contributed by atoms with Gasteiger partial charge in [-0.1, -0.05) is 24.0 Å². The van der Waals surface area contributed by atoms with E-state index in [9.17, 15) is 26.3 Å². The normalized spacial score (nSPS) is 11.7. The molecule has 10 heteroatoms. The van der Waals surface area contributed by atoms with Crippen molar-refractivity contribution >= 4 is 11.0 Å². The van der Waals surface area contributed by atoms with Crippen molar-refractivity contribution < 1.29 is 26.3 Å². The third-order valence-corrected chi connectivity index (χ3v) is 6.37. The molecule has 4 nitrogen and oxygen atoms in total. The zero-order valence-electron chi connectivity index (χ0n) is 21.3. The Kier molecular flexibility index (Phi) is 6.47.